The van der Waals surface area contributed by atoms with Crippen LogP contribution in [0.1, 0.15) is 18.1 Å². The molecule has 1 aliphatic rings. The standard InChI is InChI=1S/C23H18N6O8S3/c1-13(30)19(22(32)37-11-14-6-8-16(9-7-14)28(33)34)27-20(31)18(21(27)39-40-23-26-25-12-38-23)24-10-15-4-2-3-5-17(15)29(35)36/h2-10,12,18,21,30H,11H2,1H3/b19-13-,24-10+. The van der Waals surface area contributed by atoms with Crippen LogP contribution in [-0.4, -0.2) is 59.6 Å². The third-order valence-electron chi connectivity index (χ3n) is 5.37. The zero-order chi connectivity index (χ0) is 28.8. The Bertz CT molecular complexity index is 1490. The van der Waals surface area contributed by atoms with Gasteiger partial charge in [-0.1, -0.05) is 34.3 Å². The zero-order valence-corrected chi connectivity index (χ0v) is 22.8. The number of hydrogen-bond donors (Lipinski definition) is 1. The van der Waals surface area contributed by atoms with Crippen LogP contribution in [-0.2, 0) is 20.9 Å². The maximum absolute atomic E-state index is 13.2. The molecule has 2 unspecified atom stereocenters. The summed E-state index contributed by atoms with van der Waals surface area (Å²) in [4.78, 5) is 52.6. The number of esters is 1. The summed E-state index contributed by atoms with van der Waals surface area (Å²) < 4.78 is 5.86. The number of aliphatic hydroxyl groups excluding tert-OH is 1. The van der Waals surface area contributed by atoms with Crippen molar-refractivity contribution in [3.05, 3.63) is 96.9 Å². The number of carbonyl (C=O) groups is 2. The molecule has 1 fully saturated rings. The molecule has 1 amide bonds. The van der Waals surface area contributed by atoms with E-state index in [1.165, 1.54) is 83.2 Å². The van der Waals surface area contributed by atoms with Gasteiger partial charge in [-0.15, -0.1) is 10.2 Å². The Morgan fingerprint density at radius 2 is 1.93 bits per heavy atom. The highest BCUT2D eigenvalue weighted by Crippen LogP contribution is 2.45. The third-order valence-corrected chi connectivity index (χ3v) is 9.05. The van der Waals surface area contributed by atoms with Gasteiger partial charge in [-0.05, 0) is 41.5 Å². The third kappa shape index (κ3) is 6.44. The van der Waals surface area contributed by atoms with E-state index in [1.54, 1.807) is 6.07 Å². The van der Waals surface area contributed by atoms with Gasteiger partial charge in [0.1, 0.15) is 23.3 Å². The number of non-ortho nitro benzene ring substituents is 1. The first-order valence-electron chi connectivity index (χ1n) is 11.2. The number of likely N-dealkylation sites (tertiary alicyclic amines) is 1. The molecular weight excluding hydrogens is 584 g/mol. The van der Waals surface area contributed by atoms with Crippen molar-refractivity contribution in [2.75, 3.05) is 0 Å². The molecule has 3 aromatic rings. The summed E-state index contributed by atoms with van der Waals surface area (Å²) in [6.45, 7) is 0.950. The van der Waals surface area contributed by atoms with E-state index < -0.39 is 44.6 Å². The van der Waals surface area contributed by atoms with E-state index in [0.29, 0.717) is 9.90 Å². The second-order valence-electron chi connectivity index (χ2n) is 7.96. The molecule has 0 bridgehead atoms. The van der Waals surface area contributed by atoms with Gasteiger partial charge in [0.2, 0.25) is 0 Å². The van der Waals surface area contributed by atoms with Crippen LogP contribution in [0.4, 0.5) is 11.4 Å². The summed E-state index contributed by atoms with van der Waals surface area (Å²) in [6, 6.07) is 10.2. The van der Waals surface area contributed by atoms with Gasteiger partial charge >= 0.3 is 5.97 Å². The van der Waals surface area contributed by atoms with Gasteiger partial charge in [-0.25, -0.2) is 4.79 Å². The van der Waals surface area contributed by atoms with Gasteiger partial charge in [0.25, 0.3) is 17.3 Å². The second-order valence-corrected chi connectivity index (χ2v) is 11.4. The molecule has 17 heteroatoms. The van der Waals surface area contributed by atoms with Gasteiger partial charge in [0.15, 0.2) is 16.1 Å². The molecule has 40 heavy (non-hydrogen) atoms. The number of benzene rings is 2. The number of aliphatic imine (C=N–C) groups is 1. The maximum Gasteiger partial charge on any atom is 0.358 e. The van der Waals surface area contributed by atoms with Crippen molar-refractivity contribution in [1.29, 1.82) is 0 Å². The van der Waals surface area contributed by atoms with Gasteiger partial charge in [0.05, 0.1) is 15.4 Å². The van der Waals surface area contributed by atoms with Crippen molar-refractivity contribution in [1.82, 2.24) is 15.1 Å². The quantitative estimate of drug-likeness (QED) is 0.0479. The number of carbonyl (C=O) groups excluding carboxylic acids is 2. The van der Waals surface area contributed by atoms with Crippen LogP contribution < -0.4 is 0 Å². The van der Waals surface area contributed by atoms with Crippen LogP contribution in [0.5, 0.6) is 0 Å². The van der Waals surface area contributed by atoms with Gasteiger partial charge in [-0.2, -0.15) is 0 Å². The van der Waals surface area contributed by atoms with E-state index in [2.05, 4.69) is 15.2 Å². The normalized spacial score (nSPS) is 17.3. The number of aromatic nitrogens is 2. The van der Waals surface area contributed by atoms with E-state index in [4.69, 9.17) is 4.74 Å². The van der Waals surface area contributed by atoms with Crippen molar-refractivity contribution in [2.45, 2.75) is 29.3 Å². The molecule has 206 valence electrons. The van der Waals surface area contributed by atoms with Gasteiger partial charge in [-0.3, -0.25) is 34.9 Å². The molecule has 14 nitrogen and oxygen atoms in total. The molecule has 0 aliphatic carbocycles. The number of nitro benzene ring substituents is 2. The smallest absolute Gasteiger partial charge is 0.358 e. The van der Waals surface area contributed by atoms with Crippen LogP contribution >= 0.6 is 32.9 Å². The highest BCUT2D eigenvalue weighted by Gasteiger charge is 2.52. The summed E-state index contributed by atoms with van der Waals surface area (Å²) in [6.07, 6.45) is 1.23. The Morgan fingerprint density at radius 1 is 1.20 bits per heavy atom. The molecule has 4 rings (SSSR count). The lowest BCUT2D eigenvalue weighted by atomic mass is 10.1. The first-order chi connectivity index (χ1) is 19.2. The number of hydrogen-bond acceptors (Lipinski definition) is 14. The number of aliphatic hydroxyl groups is 1. The predicted octanol–water partition coefficient (Wildman–Crippen LogP) is 4.28. The number of ether oxygens (including phenoxy) is 1. The summed E-state index contributed by atoms with van der Waals surface area (Å²) in [5, 5.41) is 39.4. The van der Waals surface area contributed by atoms with E-state index in [1.807, 2.05) is 0 Å². The molecule has 1 aromatic heterocycles. The lowest BCUT2D eigenvalue weighted by Gasteiger charge is -2.44. The molecule has 0 radical (unpaired) electrons. The largest absolute Gasteiger partial charge is 0.510 e. The van der Waals surface area contributed by atoms with Crippen molar-refractivity contribution < 1.29 is 29.3 Å². The first-order valence-corrected chi connectivity index (χ1v) is 14.3. The fourth-order valence-electron chi connectivity index (χ4n) is 3.48. The average Bonchev–Trinajstić information content (AvgIpc) is 3.46. The number of β-lactam (4-membered cyclic amide) rings is 1. The monoisotopic (exact) mass is 602 g/mol. The van der Waals surface area contributed by atoms with Crippen LogP contribution in [0.15, 0.2) is 74.8 Å². The Morgan fingerprint density at radius 3 is 2.55 bits per heavy atom. The number of allylic oxidation sites excluding steroid dienone is 1. The SMILES string of the molecule is C/C(O)=C(\C(=O)OCc1ccc([N+](=O)[O-])cc1)N1C(=O)C(/N=C/c2ccccc2[N+](=O)[O-])C1SSc1nncs1. The Kier molecular flexibility index (Phi) is 9.08. The molecule has 1 aliphatic heterocycles. The fraction of sp³-hybridized carbons (Fsp3) is 0.174. The second kappa shape index (κ2) is 12.7. The topological polar surface area (TPSA) is 191 Å². The number of amides is 1. The van der Waals surface area contributed by atoms with E-state index in [9.17, 15) is 34.9 Å². The van der Waals surface area contributed by atoms with Crippen LogP contribution in [0.2, 0.25) is 0 Å². The number of nitrogens with zero attached hydrogens (tertiary/aromatic N) is 6. The number of rotatable bonds is 11. The molecule has 0 spiro atoms. The minimum absolute atomic E-state index is 0.131. The van der Waals surface area contributed by atoms with Crippen molar-refractivity contribution >= 4 is 62.4 Å². The highest BCUT2D eigenvalue weighted by atomic mass is 33.1. The summed E-state index contributed by atoms with van der Waals surface area (Å²) in [5.74, 6) is -2.12. The Balaban J connectivity index is 1.55. The summed E-state index contributed by atoms with van der Waals surface area (Å²) in [5.41, 5.74) is 1.44. The van der Waals surface area contributed by atoms with E-state index in [-0.39, 0.29) is 23.5 Å². The molecule has 2 atom stereocenters. The minimum atomic E-state index is -1.04. The first kappa shape index (κ1) is 28.7. The molecule has 2 heterocycles. The lowest BCUT2D eigenvalue weighted by molar-refractivity contribution is -0.385. The molecule has 1 saturated heterocycles. The zero-order valence-electron chi connectivity index (χ0n) is 20.3. The fourth-order valence-corrected chi connectivity index (χ4v) is 6.82. The lowest BCUT2D eigenvalue weighted by Crippen LogP contribution is -2.62. The number of nitro groups is 2. The summed E-state index contributed by atoms with van der Waals surface area (Å²) >= 11 is 1.26. The minimum Gasteiger partial charge on any atom is -0.510 e. The number of para-hydroxylation sites is 1. The molecule has 2 aromatic carbocycles. The van der Waals surface area contributed by atoms with Crippen LogP contribution in [0.25, 0.3) is 0 Å². The van der Waals surface area contributed by atoms with Crippen LogP contribution in [0.3, 0.4) is 0 Å². The Labute approximate surface area is 237 Å². The maximum atomic E-state index is 13.2. The van der Waals surface area contributed by atoms with Crippen LogP contribution in [0, 0.1) is 20.2 Å². The Hall–Kier alpha value is -4.35. The van der Waals surface area contributed by atoms with E-state index >= 15 is 0 Å². The van der Waals surface area contributed by atoms with Gasteiger partial charge < -0.3 is 9.84 Å². The molecule has 0 saturated carbocycles. The molecular formula is C23H18N6O8S3. The van der Waals surface area contributed by atoms with Crippen molar-refractivity contribution in [3.63, 3.8) is 0 Å². The van der Waals surface area contributed by atoms with Crippen molar-refractivity contribution in [3.8, 4) is 0 Å². The van der Waals surface area contributed by atoms with Crippen molar-refractivity contribution in [2.24, 2.45) is 4.99 Å². The average molecular weight is 603 g/mol. The predicted molar refractivity (Wildman–Crippen MR) is 147 cm³/mol. The van der Waals surface area contributed by atoms with E-state index in [0.717, 1.165) is 15.7 Å². The summed E-state index contributed by atoms with van der Waals surface area (Å²) in [7, 11) is 2.31. The molecule has 1 N–H and O–H groups in total. The highest BCUT2D eigenvalue weighted by molar-refractivity contribution is 8.77. The van der Waals surface area contributed by atoms with Gasteiger partial charge in [0, 0.05) is 24.4 Å².